The van der Waals surface area contributed by atoms with Crippen molar-refractivity contribution in [2.24, 2.45) is 0 Å². The Kier molecular flexibility index (Phi) is 5.51. The molecular weight excluding hydrogens is 305 g/mol. The molecule has 0 aliphatic rings. The lowest BCUT2D eigenvalue weighted by atomic mass is 10.2. The van der Waals surface area contributed by atoms with Gasteiger partial charge in [-0.05, 0) is 48.4 Å². The highest BCUT2D eigenvalue weighted by Crippen LogP contribution is 2.31. The fourth-order valence-electron chi connectivity index (χ4n) is 1.87. The SMILES string of the molecule is Cc1cc(Oc2ccc(CNC(C)C)cc2Cl)ccc1Cl. The average Bonchev–Trinajstić information content (AvgIpc) is 2.43. The summed E-state index contributed by atoms with van der Waals surface area (Å²) in [6, 6.07) is 11.8. The van der Waals surface area contributed by atoms with Crippen LogP contribution in [0.25, 0.3) is 0 Å². The van der Waals surface area contributed by atoms with Gasteiger partial charge in [-0.1, -0.05) is 43.1 Å². The molecule has 1 N–H and O–H groups in total. The van der Waals surface area contributed by atoms with Gasteiger partial charge in [-0.15, -0.1) is 0 Å². The Morgan fingerprint density at radius 3 is 2.43 bits per heavy atom. The third-order valence-corrected chi connectivity index (χ3v) is 3.79. The number of hydrogen-bond acceptors (Lipinski definition) is 2. The van der Waals surface area contributed by atoms with E-state index in [2.05, 4.69) is 19.2 Å². The molecule has 0 heterocycles. The molecule has 0 spiro atoms. The minimum atomic E-state index is 0.441. The molecular formula is C17H19Cl2NO. The molecule has 0 atom stereocenters. The number of benzene rings is 2. The van der Waals surface area contributed by atoms with E-state index in [1.54, 1.807) is 0 Å². The number of aryl methyl sites for hydroxylation is 1. The number of ether oxygens (including phenoxy) is 1. The fraction of sp³-hybridized carbons (Fsp3) is 0.294. The largest absolute Gasteiger partial charge is 0.456 e. The maximum atomic E-state index is 6.29. The second-order valence-corrected chi connectivity index (χ2v) is 6.13. The molecule has 112 valence electrons. The Bertz CT molecular complexity index is 626. The Hall–Kier alpha value is -1.22. The van der Waals surface area contributed by atoms with Crippen LogP contribution in [0.15, 0.2) is 36.4 Å². The van der Waals surface area contributed by atoms with E-state index in [0.717, 1.165) is 28.4 Å². The van der Waals surface area contributed by atoms with Gasteiger partial charge in [-0.25, -0.2) is 0 Å². The van der Waals surface area contributed by atoms with Crippen LogP contribution in [0.2, 0.25) is 10.0 Å². The number of rotatable bonds is 5. The third kappa shape index (κ3) is 4.63. The van der Waals surface area contributed by atoms with Gasteiger partial charge in [0.1, 0.15) is 11.5 Å². The van der Waals surface area contributed by atoms with Gasteiger partial charge in [0.25, 0.3) is 0 Å². The Morgan fingerprint density at radius 2 is 1.81 bits per heavy atom. The van der Waals surface area contributed by atoms with E-state index in [4.69, 9.17) is 27.9 Å². The average molecular weight is 324 g/mol. The molecule has 0 saturated carbocycles. The van der Waals surface area contributed by atoms with Gasteiger partial charge < -0.3 is 10.1 Å². The smallest absolute Gasteiger partial charge is 0.146 e. The van der Waals surface area contributed by atoms with Gasteiger partial charge in [0.2, 0.25) is 0 Å². The summed E-state index contributed by atoms with van der Waals surface area (Å²) in [6.07, 6.45) is 0. The second-order valence-electron chi connectivity index (χ2n) is 5.31. The molecule has 0 bridgehead atoms. The van der Waals surface area contributed by atoms with Crippen LogP contribution in [0.3, 0.4) is 0 Å². The fourth-order valence-corrected chi connectivity index (χ4v) is 2.23. The molecule has 0 unspecified atom stereocenters. The summed E-state index contributed by atoms with van der Waals surface area (Å²) >= 11 is 12.3. The van der Waals surface area contributed by atoms with Gasteiger partial charge in [0.05, 0.1) is 5.02 Å². The highest BCUT2D eigenvalue weighted by atomic mass is 35.5. The van der Waals surface area contributed by atoms with Crippen LogP contribution < -0.4 is 10.1 Å². The Labute approximate surface area is 136 Å². The molecule has 0 aromatic heterocycles. The number of hydrogen-bond donors (Lipinski definition) is 1. The van der Waals surface area contributed by atoms with Crippen molar-refractivity contribution in [1.29, 1.82) is 0 Å². The molecule has 4 heteroatoms. The zero-order valence-electron chi connectivity index (χ0n) is 12.4. The molecule has 2 rings (SSSR count). The van der Waals surface area contributed by atoms with Gasteiger partial charge in [0.15, 0.2) is 0 Å². The van der Waals surface area contributed by atoms with Crippen LogP contribution in [0.1, 0.15) is 25.0 Å². The van der Waals surface area contributed by atoms with Gasteiger partial charge in [0, 0.05) is 17.6 Å². The molecule has 2 nitrogen and oxygen atoms in total. The first-order chi connectivity index (χ1) is 9.95. The first-order valence-electron chi connectivity index (χ1n) is 6.91. The lowest BCUT2D eigenvalue weighted by Crippen LogP contribution is -2.21. The molecule has 2 aromatic carbocycles. The highest BCUT2D eigenvalue weighted by molar-refractivity contribution is 6.32. The van der Waals surface area contributed by atoms with Gasteiger partial charge in [-0.3, -0.25) is 0 Å². The normalized spacial score (nSPS) is 11.0. The Balaban J connectivity index is 2.11. The van der Waals surface area contributed by atoms with Gasteiger partial charge in [-0.2, -0.15) is 0 Å². The van der Waals surface area contributed by atoms with Crippen molar-refractivity contribution in [2.75, 3.05) is 0 Å². The molecule has 0 fully saturated rings. The predicted molar refractivity (Wildman–Crippen MR) is 89.7 cm³/mol. The van der Waals surface area contributed by atoms with Crippen LogP contribution in [-0.4, -0.2) is 6.04 Å². The zero-order chi connectivity index (χ0) is 15.4. The van der Waals surface area contributed by atoms with Crippen LogP contribution in [0, 0.1) is 6.92 Å². The maximum Gasteiger partial charge on any atom is 0.146 e. The van der Waals surface area contributed by atoms with Crippen LogP contribution in [0.4, 0.5) is 0 Å². The standard InChI is InChI=1S/C17H19Cl2NO/c1-11(2)20-10-13-4-7-17(16(19)9-13)21-14-5-6-15(18)12(3)8-14/h4-9,11,20H,10H2,1-3H3. The zero-order valence-corrected chi connectivity index (χ0v) is 13.9. The van der Waals surface area contributed by atoms with Crippen LogP contribution >= 0.6 is 23.2 Å². The first-order valence-corrected chi connectivity index (χ1v) is 7.67. The second kappa shape index (κ2) is 7.17. The monoisotopic (exact) mass is 323 g/mol. The third-order valence-electron chi connectivity index (χ3n) is 3.07. The minimum absolute atomic E-state index is 0.441. The van der Waals surface area contributed by atoms with Crippen LogP contribution in [-0.2, 0) is 6.54 Å². The highest BCUT2D eigenvalue weighted by Gasteiger charge is 2.06. The van der Waals surface area contributed by atoms with Crippen molar-refractivity contribution >= 4 is 23.2 Å². The molecule has 0 saturated heterocycles. The van der Waals surface area contributed by atoms with Crippen LogP contribution in [0.5, 0.6) is 11.5 Å². The summed E-state index contributed by atoms with van der Waals surface area (Å²) in [5.74, 6) is 1.37. The molecule has 0 radical (unpaired) electrons. The van der Waals surface area contributed by atoms with E-state index in [9.17, 15) is 0 Å². The summed E-state index contributed by atoms with van der Waals surface area (Å²) in [7, 11) is 0. The summed E-state index contributed by atoms with van der Waals surface area (Å²) in [6.45, 7) is 6.96. The topological polar surface area (TPSA) is 21.3 Å². The van der Waals surface area contributed by atoms with E-state index in [-0.39, 0.29) is 0 Å². The molecule has 0 amide bonds. The van der Waals surface area contributed by atoms with E-state index in [1.165, 1.54) is 0 Å². The van der Waals surface area contributed by atoms with Crippen molar-refractivity contribution < 1.29 is 4.74 Å². The maximum absolute atomic E-state index is 6.29. The molecule has 0 aliphatic carbocycles. The van der Waals surface area contributed by atoms with Crippen molar-refractivity contribution in [1.82, 2.24) is 5.32 Å². The number of nitrogens with one attached hydrogen (secondary N) is 1. The lowest BCUT2D eigenvalue weighted by molar-refractivity contribution is 0.482. The van der Waals surface area contributed by atoms with E-state index in [0.29, 0.717) is 16.8 Å². The van der Waals surface area contributed by atoms with E-state index in [1.807, 2.05) is 43.3 Å². The van der Waals surface area contributed by atoms with Crippen molar-refractivity contribution in [2.45, 2.75) is 33.4 Å². The van der Waals surface area contributed by atoms with Gasteiger partial charge >= 0.3 is 0 Å². The molecule has 2 aromatic rings. The Morgan fingerprint density at radius 1 is 1.05 bits per heavy atom. The summed E-state index contributed by atoms with van der Waals surface area (Å²) in [5, 5.41) is 4.69. The molecule has 0 aliphatic heterocycles. The minimum Gasteiger partial charge on any atom is -0.456 e. The summed E-state index contributed by atoms with van der Waals surface area (Å²) < 4.78 is 5.81. The first kappa shape index (κ1) is 16.2. The summed E-state index contributed by atoms with van der Waals surface area (Å²) in [4.78, 5) is 0. The van der Waals surface area contributed by atoms with Crippen molar-refractivity contribution in [3.05, 3.63) is 57.6 Å². The summed E-state index contributed by atoms with van der Waals surface area (Å²) in [5.41, 5.74) is 2.11. The van der Waals surface area contributed by atoms with E-state index >= 15 is 0 Å². The predicted octanol–water partition coefficient (Wildman–Crippen LogP) is 5.59. The lowest BCUT2D eigenvalue weighted by Gasteiger charge is -2.12. The van der Waals surface area contributed by atoms with Crippen molar-refractivity contribution in [3.63, 3.8) is 0 Å². The number of halogens is 2. The van der Waals surface area contributed by atoms with Crippen molar-refractivity contribution in [3.8, 4) is 11.5 Å². The van der Waals surface area contributed by atoms with E-state index < -0.39 is 0 Å². The molecule has 21 heavy (non-hydrogen) atoms. The quantitative estimate of drug-likeness (QED) is 0.774.